The Hall–Kier alpha value is -2.77. The van der Waals surface area contributed by atoms with Crippen LogP contribution in [0.2, 0.25) is 0 Å². The van der Waals surface area contributed by atoms with Gasteiger partial charge in [-0.15, -0.1) is 0 Å². The summed E-state index contributed by atoms with van der Waals surface area (Å²) in [4.78, 5) is 37.4. The SMILES string of the molecule is Cn1ccc(CC(=O)N2CCCC3(CCN(c4cncnc4)C3=O)C2)n1. The predicted octanol–water partition coefficient (Wildman–Crippen LogP) is 0.798. The molecule has 4 rings (SSSR count). The molecular weight excluding hydrogens is 332 g/mol. The summed E-state index contributed by atoms with van der Waals surface area (Å²) in [5, 5.41) is 4.28. The van der Waals surface area contributed by atoms with Crippen LogP contribution in [0.1, 0.15) is 25.0 Å². The van der Waals surface area contributed by atoms with Crippen molar-refractivity contribution < 1.29 is 9.59 Å². The van der Waals surface area contributed by atoms with E-state index in [1.54, 1.807) is 22.0 Å². The lowest BCUT2D eigenvalue weighted by Gasteiger charge is -2.39. The van der Waals surface area contributed by atoms with Crippen molar-refractivity contribution in [3.05, 3.63) is 36.7 Å². The first-order chi connectivity index (χ1) is 12.6. The maximum atomic E-state index is 13.1. The molecule has 0 saturated carbocycles. The Morgan fingerprint density at radius 3 is 2.77 bits per heavy atom. The monoisotopic (exact) mass is 354 g/mol. The number of amides is 2. The molecule has 1 spiro atoms. The Morgan fingerprint density at radius 2 is 2.04 bits per heavy atom. The third-order valence-corrected chi connectivity index (χ3v) is 5.40. The number of hydrogen-bond donors (Lipinski definition) is 0. The summed E-state index contributed by atoms with van der Waals surface area (Å²) in [6, 6.07) is 1.86. The van der Waals surface area contributed by atoms with E-state index >= 15 is 0 Å². The first-order valence-electron chi connectivity index (χ1n) is 8.91. The van der Waals surface area contributed by atoms with Crippen LogP contribution in [-0.4, -0.2) is 56.1 Å². The molecule has 2 amide bonds. The highest BCUT2D eigenvalue weighted by Crippen LogP contribution is 2.41. The normalized spacial score (nSPS) is 23.0. The van der Waals surface area contributed by atoms with E-state index in [4.69, 9.17) is 0 Å². The van der Waals surface area contributed by atoms with E-state index in [9.17, 15) is 9.59 Å². The topological polar surface area (TPSA) is 84.2 Å². The highest BCUT2D eigenvalue weighted by Gasteiger charge is 2.50. The number of nitrogens with zero attached hydrogens (tertiary/aromatic N) is 6. The van der Waals surface area contributed by atoms with Crippen LogP contribution in [-0.2, 0) is 23.1 Å². The predicted molar refractivity (Wildman–Crippen MR) is 94.2 cm³/mol. The fraction of sp³-hybridized carbons (Fsp3) is 0.500. The van der Waals surface area contributed by atoms with Crippen LogP contribution in [0, 0.1) is 5.41 Å². The Morgan fingerprint density at radius 1 is 1.23 bits per heavy atom. The van der Waals surface area contributed by atoms with Gasteiger partial charge in [-0.25, -0.2) is 9.97 Å². The first kappa shape index (κ1) is 16.7. The van der Waals surface area contributed by atoms with Gasteiger partial charge in [0.05, 0.1) is 35.6 Å². The third kappa shape index (κ3) is 2.95. The summed E-state index contributed by atoms with van der Waals surface area (Å²) in [7, 11) is 1.84. The molecule has 1 atom stereocenters. The molecule has 136 valence electrons. The van der Waals surface area contributed by atoms with Gasteiger partial charge in [-0.1, -0.05) is 0 Å². The lowest BCUT2D eigenvalue weighted by Crippen LogP contribution is -2.50. The van der Waals surface area contributed by atoms with Crippen LogP contribution >= 0.6 is 0 Å². The fourth-order valence-electron chi connectivity index (χ4n) is 4.05. The Kier molecular flexibility index (Phi) is 4.18. The van der Waals surface area contributed by atoms with E-state index in [0.717, 1.165) is 30.6 Å². The highest BCUT2D eigenvalue weighted by atomic mass is 16.2. The summed E-state index contributed by atoms with van der Waals surface area (Å²) >= 11 is 0. The molecule has 8 nitrogen and oxygen atoms in total. The van der Waals surface area contributed by atoms with Crippen LogP contribution in [0.25, 0.3) is 0 Å². The Balaban J connectivity index is 1.48. The Labute approximate surface area is 151 Å². The van der Waals surface area contributed by atoms with Crippen molar-refractivity contribution in [2.75, 3.05) is 24.5 Å². The van der Waals surface area contributed by atoms with Crippen LogP contribution in [0.15, 0.2) is 31.0 Å². The summed E-state index contributed by atoms with van der Waals surface area (Å²) in [6.45, 7) is 1.84. The molecule has 1 unspecified atom stereocenters. The molecule has 0 radical (unpaired) electrons. The van der Waals surface area contributed by atoms with Crippen molar-refractivity contribution in [1.82, 2.24) is 24.6 Å². The van der Waals surface area contributed by atoms with Crippen molar-refractivity contribution in [2.45, 2.75) is 25.7 Å². The fourth-order valence-corrected chi connectivity index (χ4v) is 4.05. The molecule has 4 heterocycles. The number of aromatic nitrogens is 4. The van der Waals surface area contributed by atoms with Crippen molar-refractivity contribution in [3.63, 3.8) is 0 Å². The molecule has 2 aliphatic heterocycles. The summed E-state index contributed by atoms with van der Waals surface area (Å²) in [6.07, 6.45) is 9.32. The molecular formula is C18H22N6O2. The van der Waals surface area contributed by atoms with Gasteiger partial charge < -0.3 is 9.80 Å². The van der Waals surface area contributed by atoms with E-state index in [1.807, 2.05) is 24.2 Å². The van der Waals surface area contributed by atoms with E-state index in [1.165, 1.54) is 6.33 Å². The highest BCUT2D eigenvalue weighted by molar-refractivity contribution is 6.00. The second-order valence-electron chi connectivity index (χ2n) is 7.16. The number of carbonyl (C=O) groups is 2. The van der Waals surface area contributed by atoms with Gasteiger partial charge in [0, 0.05) is 32.9 Å². The van der Waals surface area contributed by atoms with Crippen molar-refractivity contribution in [2.24, 2.45) is 12.5 Å². The van der Waals surface area contributed by atoms with Crippen LogP contribution in [0.4, 0.5) is 5.69 Å². The summed E-state index contributed by atoms with van der Waals surface area (Å²) in [5.41, 5.74) is 1.01. The van der Waals surface area contributed by atoms with Gasteiger partial charge in [0.1, 0.15) is 6.33 Å². The molecule has 8 heteroatoms. The zero-order valence-corrected chi connectivity index (χ0v) is 14.8. The van der Waals surface area contributed by atoms with Gasteiger partial charge in [0.15, 0.2) is 0 Å². The zero-order valence-electron chi connectivity index (χ0n) is 14.8. The summed E-state index contributed by atoms with van der Waals surface area (Å²) < 4.78 is 1.70. The van der Waals surface area contributed by atoms with E-state index in [2.05, 4.69) is 15.1 Å². The minimum Gasteiger partial charge on any atom is -0.341 e. The lowest BCUT2D eigenvalue weighted by molar-refractivity contribution is -0.138. The number of anilines is 1. The standard InChI is InChI=1S/C18H22N6O2/c1-22-7-3-14(21-22)9-16(25)23-6-2-4-18(12-23)5-8-24(17(18)26)15-10-19-13-20-11-15/h3,7,10-11,13H,2,4-6,8-9,12H2,1H3. The molecule has 2 aromatic rings. The molecule has 0 N–H and O–H groups in total. The van der Waals surface area contributed by atoms with Gasteiger partial charge in [0.25, 0.3) is 0 Å². The number of aryl methyl sites for hydroxylation is 1. The van der Waals surface area contributed by atoms with Gasteiger partial charge >= 0.3 is 0 Å². The van der Waals surface area contributed by atoms with Gasteiger partial charge in [-0.3, -0.25) is 14.3 Å². The first-order valence-corrected chi connectivity index (χ1v) is 8.91. The van der Waals surface area contributed by atoms with E-state index in [0.29, 0.717) is 19.6 Å². The number of carbonyl (C=O) groups excluding carboxylic acids is 2. The second-order valence-corrected chi connectivity index (χ2v) is 7.16. The second kappa shape index (κ2) is 6.51. The minimum atomic E-state index is -0.478. The molecule has 0 aromatic carbocycles. The molecule has 2 aliphatic rings. The number of hydrogen-bond acceptors (Lipinski definition) is 5. The van der Waals surface area contributed by atoms with Crippen LogP contribution < -0.4 is 4.90 Å². The molecule has 26 heavy (non-hydrogen) atoms. The number of likely N-dealkylation sites (tertiary alicyclic amines) is 1. The van der Waals surface area contributed by atoms with E-state index in [-0.39, 0.29) is 18.2 Å². The zero-order chi connectivity index (χ0) is 18.1. The molecule has 0 aliphatic carbocycles. The molecule has 2 aromatic heterocycles. The summed E-state index contributed by atoms with van der Waals surface area (Å²) in [5.74, 6) is 0.125. The van der Waals surface area contributed by atoms with Gasteiger partial charge in [0.2, 0.25) is 11.8 Å². The number of rotatable bonds is 3. The Bertz CT molecular complexity index is 820. The molecule has 2 fully saturated rings. The van der Waals surface area contributed by atoms with Crippen LogP contribution in [0.3, 0.4) is 0 Å². The number of piperidine rings is 1. The average Bonchev–Trinajstić information content (AvgIpc) is 3.20. The third-order valence-electron chi connectivity index (χ3n) is 5.40. The van der Waals surface area contributed by atoms with Gasteiger partial charge in [-0.05, 0) is 25.3 Å². The quantitative estimate of drug-likeness (QED) is 0.814. The van der Waals surface area contributed by atoms with E-state index < -0.39 is 5.41 Å². The maximum Gasteiger partial charge on any atom is 0.235 e. The maximum absolute atomic E-state index is 13.1. The van der Waals surface area contributed by atoms with Crippen molar-refractivity contribution in [1.29, 1.82) is 0 Å². The average molecular weight is 354 g/mol. The van der Waals surface area contributed by atoms with Crippen LogP contribution in [0.5, 0.6) is 0 Å². The largest absolute Gasteiger partial charge is 0.341 e. The minimum absolute atomic E-state index is 0.0390. The smallest absolute Gasteiger partial charge is 0.235 e. The molecule has 0 bridgehead atoms. The van der Waals surface area contributed by atoms with Gasteiger partial charge in [-0.2, -0.15) is 5.10 Å². The van der Waals surface area contributed by atoms with Crippen molar-refractivity contribution in [3.8, 4) is 0 Å². The molecule has 2 saturated heterocycles. The lowest BCUT2D eigenvalue weighted by atomic mass is 9.78. The van der Waals surface area contributed by atoms with Crippen molar-refractivity contribution >= 4 is 17.5 Å².